The molecule has 0 spiro atoms. The number of carboxylic acid groups (broad SMARTS) is 1. The van der Waals surface area contributed by atoms with Crippen molar-refractivity contribution < 1.29 is 23.8 Å². The fourth-order valence-corrected chi connectivity index (χ4v) is 5.52. The van der Waals surface area contributed by atoms with Crippen LogP contribution in [0.5, 0.6) is 11.5 Å². The van der Waals surface area contributed by atoms with Crippen molar-refractivity contribution in [3.8, 4) is 11.5 Å². The second-order valence-corrected chi connectivity index (χ2v) is 10.6. The molecular formula is C32H42FN3O4. The van der Waals surface area contributed by atoms with Crippen LogP contribution in [0.25, 0.3) is 10.9 Å². The predicted octanol–water partition coefficient (Wildman–Crippen LogP) is 5.81. The highest BCUT2D eigenvalue weighted by molar-refractivity contribution is 5.84. The molecule has 2 saturated heterocycles. The maximum atomic E-state index is 14.0. The largest absolute Gasteiger partial charge is 0.494 e. The fraction of sp³-hybridized carbons (Fsp3) is 0.500. The summed E-state index contributed by atoms with van der Waals surface area (Å²) in [6.45, 7) is 7.20. The molecule has 0 atom stereocenters. The zero-order valence-corrected chi connectivity index (χ0v) is 23.3. The van der Waals surface area contributed by atoms with Crippen LogP contribution in [0.2, 0.25) is 0 Å². The molecule has 0 aliphatic carbocycles. The van der Waals surface area contributed by atoms with Crippen LogP contribution in [0.3, 0.4) is 0 Å². The maximum absolute atomic E-state index is 14.0. The van der Waals surface area contributed by atoms with E-state index in [1.165, 1.54) is 56.5 Å². The number of nitrogens with zero attached hydrogens (tertiary/aromatic N) is 3. The van der Waals surface area contributed by atoms with Gasteiger partial charge in [0.1, 0.15) is 28.9 Å². The van der Waals surface area contributed by atoms with Crippen LogP contribution >= 0.6 is 0 Å². The van der Waals surface area contributed by atoms with Crippen LogP contribution in [-0.4, -0.2) is 78.3 Å². The molecule has 2 aliphatic heterocycles. The second kappa shape index (κ2) is 16.1. The molecule has 3 aromatic rings. The van der Waals surface area contributed by atoms with E-state index in [4.69, 9.17) is 19.4 Å². The average Bonchev–Trinajstić information content (AvgIpc) is 3.25. The molecule has 2 fully saturated rings. The maximum Gasteiger partial charge on any atom is 0.290 e. The van der Waals surface area contributed by atoms with Gasteiger partial charge in [0.25, 0.3) is 6.47 Å². The number of carbonyl (C=O) groups is 1. The van der Waals surface area contributed by atoms with Crippen molar-refractivity contribution in [3.05, 3.63) is 66.1 Å². The average molecular weight is 552 g/mol. The molecule has 0 bridgehead atoms. The normalized spacial score (nSPS) is 17.0. The molecule has 216 valence electrons. The summed E-state index contributed by atoms with van der Waals surface area (Å²) in [6.07, 6.45) is 11.3. The molecule has 0 radical (unpaired) electrons. The summed E-state index contributed by atoms with van der Waals surface area (Å²) in [5, 5.41) is 7.67. The number of hydrogen-bond acceptors (Lipinski definition) is 6. The molecule has 0 amide bonds. The van der Waals surface area contributed by atoms with Gasteiger partial charge in [-0.25, -0.2) is 4.39 Å². The highest BCUT2D eigenvalue weighted by Crippen LogP contribution is 2.28. The molecule has 3 heterocycles. The van der Waals surface area contributed by atoms with Crippen LogP contribution in [-0.2, 0) is 11.2 Å². The summed E-state index contributed by atoms with van der Waals surface area (Å²) >= 11 is 0. The summed E-state index contributed by atoms with van der Waals surface area (Å²) in [6, 6.07) is 15.3. The summed E-state index contributed by atoms with van der Waals surface area (Å²) in [7, 11) is 0. The summed E-state index contributed by atoms with van der Waals surface area (Å²) < 4.78 is 26.2. The number of halogens is 1. The fourth-order valence-electron chi connectivity index (χ4n) is 5.52. The molecule has 0 unspecified atom stereocenters. The van der Waals surface area contributed by atoms with Crippen LogP contribution in [0.1, 0.15) is 50.5 Å². The van der Waals surface area contributed by atoms with Gasteiger partial charge in [-0.1, -0.05) is 31.0 Å². The third kappa shape index (κ3) is 9.45. The Morgan fingerprint density at radius 1 is 0.950 bits per heavy atom. The monoisotopic (exact) mass is 551 g/mol. The number of likely N-dealkylation sites (tertiary alicyclic amines) is 2. The van der Waals surface area contributed by atoms with E-state index in [1.54, 1.807) is 6.20 Å². The molecule has 2 aromatic carbocycles. The first-order valence-corrected chi connectivity index (χ1v) is 14.6. The number of piperidine rings is 1. The Morgan fingerprint density at radius 2 is 1.65 bits per heavy atom. The number of rotatable bonds is 10. The van der Waals surface area contributed by atoms with E-state index in [9.17, 15) is 4.39 Å². The number of hydrogen-bond donors (Lipinski definition) is 1. The van der Waals surface area contributed by atoms with Crippen molar-refractivity contribution >= 4 is 17.4 Å². The van der Waals surface area contributed by atoms with Gasteiger partial charge in [0.05, 0.1) is 6.61 Å². The number of benzene rings is 2. The lowest BCUT2D eigenvalue weighted by molar-refractivity contribution is -0.122. The van der Waals surface area contributed by atoms with E-state index in [1.807, 2.05) is 12.1 Å². The van der Waals surface area contributed by atoms with E-state index < -0.39 is 0 Å². The third-order valence-electron chi connectivity index (χ3n) is 7.69. The van der Waals surface area contributed by atoms with Gasteiger partial charge in [-0.3, -0.25) is 9.78 Å². The highest BCUT2D eigenvalue weighted by Gasteiger charge is 2.21. The van der Waals surface area contributed by atoms with Gasteiger partial charge in [0.15, 0.2) is 0 Å². The minimum atomic E-state index is -0.280. The lowest BCUT2D eigenvalue weighted by Gasteiger charge is -2.32. The Labute approximate surface area is 236 Å². The van der Waals surface area contributed by atoms with Gasteiger partial charge in [-0.15, -0.1) is 0 Å². The van der Waals surface area contributed by atoms with Crippen molar-refractivity contribution in [3.63, 3.8) is 0 Å². The van der Waals surface area contributed by atoms with Gasteiger partial charge in [0, 0.05) is 43.8 Å². The topological polar surface area (TPSA) is 75.1 Å². The van der Waals surface area contributed by atoms with Crippen molar-refractivity contribution in [2.45, 2.75) is 57.5 Å². The van der Waals surface area contributed by atoms with Crippen LogP contribution in [0.4, 0.5) is 4.39 Å². The molecule has 40 heavy (non-hydrogen) atoms. The number of pyridine rings is 1. The molecule has 0 saturated carbocycles. The summed E-state index contributed by atoms with van der Waals surface area (Å²) in [4.78, 5) is 17.9. The molecule has 1 N–H and O–H groups in total. The SMILES string of the molecule is Fc1cc(OC2CCN(CCc3ccc(OCCCN4CCCCCC4)cc3)CC2)c2ncccc2c1.O=CO. The molecule has 7 nitrogen and oxygen atoms in total. The molecule has 8 heteroatoms. The Kier molecular flexibility index (Phi) is 12.0. The first kappa shape index (κ1) is 29.7. The number of fused-ring (bicyclic) bond motifs is 1. The van der Waals surface area contributed by atoms with Crippen molar-refractivity contribution in [1.82, 2.24) is 14.8 Å². The van der Waals surface area contributed by atoms with E-state index in [-0.39, 0.29) is 18.4 Å². The van der Waals surface area contributed by atoms with Gasteiger partial charge in [-0.05, 0) is 81.4 Å². The van der Waals surface area contributed by atoms with Crippen molar-refractivity contribution in [2.75, 3.05) is 45.9 Å². The molecule has 2 aliphatic rings. The summed E-state index contributed by atoms with van der Waals surface area (Å²) in [5.74, 6) is 1.24. The van der Waals surface area contributed by atoms with Crippen LogP contribution in [0.15, 0.2) is 54.7 Å². The zero-order chi connectivity index (χ0) is 28.0. The Bertz CT molecular complexity index is 1160. The van der Waals surface area contributed by atoms with Crippen molar-refractivity contribution in [1.29, 1.82) is 0 Å². The Balaban J connectivity index is 0.00000118. The first-order chi connectivity index (χ1) is 19.6. The zero-order valence-electron chi connectivity index (χ0n) is 23.3. The minimum Gasteiger partial charge on any atom is -0.494 e. The van der Waals surface area contributed by atoms with E-state index in [2.05, 4.69) is 39.0 Å². The Morgan fingerprint density at radius 3 is 2.38 bits per heavy atom. The number of aromatic nitrogens is 1. The smallest absolute Gasteiger partial charge is 0.290 e. The predicted molar refractivity (Wildman–Crippen MR) is 156 cm³/mol. The van der Waals surface area contributed by atoms with Gasteiger partial charge >= 0.3 is 0 Å². The highest BCUT2D eigenvalue weighted by atomic mass is 19.1. The third-order valence-corrected chi connectivity index (χ3v) is 7.69. The summed E-state index contributed by atoms with van der Waals surface area (Å²) in [5.41, 5.74) is 2.07. The van der Waals surface area contributed by atoms with E-state index >= 15 is 0 Å². The van der Waals surface area contributed by atoms with E-state index in [0.29, 0.717) is 5.75 Å². The molecule has 1 aromatic heterocycles. The standard InChI is InChI=1S/C31H40FN3O2.CH2O2/c32-27-23-26-7-5-15-33-31(26)30(24-27)37-29-13-20-35(21-14-29)19-12-25-8-10-28(11-9-25)36-22-6-18-34-16-3-1-2-4-17-34;2-1-3/h5,7-11,15,23-24,29H,1-4,6,12-14,16-22H2;1H,(H,2,3). The minimum absolute atomic E-state index is 0.0963. The Hall–Kier alpha value is -3.23. The van der Waals surface area contributed by atoms with Crippen LogP contribution in [0, 0.1) is 5.82 Å². The van der Waals surface area contributed by atoms with Gasteiger partial charge in [-0.2, -0.15) is 0 Å². The lowest BCUT2D eigenvalue weighted by atomic mass is 10.1. The molecular weight excluding hydrogens is 509 g/mol. The quantitative estimate of drug-likeness (QED) is 0.252. The first-order valence-electron chi connectivity index (χ1n) is 14.6. The second-order valence-electron chi connectivity index (χ2n) is 10.6. The number of ether oxygens (including phenoxy) is 2. The van der Waals surface area contributed by atoms with Gasteiger partial charge < -0.3 is 24.4 Å². The van der Waals surface area contributed by atoms with E-state index in [0.717, 1.165) is 75.1 Å². The van der Waals surface area contributed by atoms with Gasteiger partial charge in [0.2, 0.25) is 0 Å². The molecule has 5 rings (SSSR count). The van der Waals surface area contributed by atoms with Crippen molar-refractivity contribution in [2.24, 2.45) is 0 Å². The van der Waals surface area contributed by atoms with Crippen LogP contribution < -0.4 is 9.47 Å². The lowest BCUT2D eigenvalue weighted by Crippen LogP contribution is -2.39.